The minimum Gasteiger partial charge on any atom is -0.491 e. The third kappa shape index (κ3) is 3.22. The third-order valence-electron chi connectivity index (χ3n) is 3.63. The van der Waals surface area contributed by atoms with Crippen LogP contribution in [0.5, 0.6) is 5.75 Å². The number of hydrogen-bond donors (Lipinski definition) is 2. The zero-order valence-corrected chi connectivity index (χ0v) is 13.2. The molecule has 1 aromatic carbocycles. The summed E-state index contributed by atoms with van der Waals surface area (Å²) in [4.78, 5) is 12.3. The topological polar surface area (TPSA) is 112 Å². The Hall–Kier alpha value is -2.32. The first-order valence-corrected chi connectivity index (χ1v) is 8.54. The van der Waals surface area contributed by atoms with Gasteiger partial charge in [0, 0.05) is 6.07 Å². The van der Waals surface area contributed by atoms with E-state index in [1.54, 1.807) is 0 Å². The number of primary sulfonamides is 1. The fourth-order valence-electron chi connectivity index (χ4n) is 2.50. The third-order valence-corrected chi connectivity index (χ3v) is 4.40. The number of hydrogen-bond acceptors (Lipinski definition) is 5. The summed E-state index contributed by atoms with van der Waals surface area (Å²) in [6, 6.07) is 8.55. The molecule has 1 aromatic heterocycles. The summed E-state index contributed by atoms with van der Waals surface area (Å²) in [6.45, 7) is 1.86. The van der Waals surface area contributed by atoms with Crippen molar-refractivity contribution in [3.05, 3.63) is 47.2 Å². The molecule has 7 nitrogen and oxygen atoms in total. The minimum atomic E-state index is -3.98. The molecule has 0 radical (unpaired) electrons. The number of benzene rings is 1. The van der Waals surface area contributed by atoms with E-state index in [2.05, 4.69) is 5.32 Å². The molecule has 2 aromatic rings. The first kappa shape index (κ1) is 15.6. The number of carbonyl (C=O) groups is 1. The van der Waals surface area contributed by atoms with Gasteiger partial charge in [0.2, 0.25) is 5.09 Å². The van der Waals surface area contributed by atoms with Crippen LogP contribution in [0.1, 0.15) is 21.7 Å². The van der Waals surface area contributed by atoms with Crippen LogP contribution in [-0.2, 0) is 16.4 Å². The molecular formula is C15H16N2O5S. The summed E-state index contributed by atoms with van der Waals surface area (Å²) in [6.07, 6.45) is 0.640. The van der Waals surface area contributed by atoms with Crippen LogP contribution >= 0.6 is 0 Å². The second kappa shape index (κ2) is 5.71. The number of fused-ring (bicyclic) bond motifs is 1. The molecule has 23 heavy (non-hydrogen) atoms. The predicted molar refractivity (Wildman–Crippen MR) is 81.7 cm³/mol. The lowest BCUT2D eigenvalue weighted by atomic mass is 10.0. The number of furan rings is 1. The van der Waals surface area contributed by atoms with Gasteiger partial charge in [-0.05, 0) is 25.0 Å². The van der Waals surface area contributed by atoms with E-state index in [0.717, 1.165) is 17.4 Å². The van der Waals surface area contributed by atoms with Crippen molar-refractivity contribution in [2.45, 2.75) is 24.5 Å². The van der Waals surface area contributed by atoms with Crippen LogP contribution in [-0.4, -0.2) is 27.0 Å². The maximum Gasteiger partial charge on any atom is 0.271 e. The molecule has 0 fully saturated rings. The maximum absolute atomic E-state index is 12.3. The molecule has 1 aliphatic heterocycles. The summed E-state index contributed by atoms with van der Waals surface area (Å²) in [5.41, 5.74) is 1.16. The SMILES string of the molecule is Cc1oc(S(N)(=O)=O)cc1C(=O)NC1COc2ccccc2C1. The molecule has 122 valence electrons. The minimum absolute atomic E-state index is 0.146. The molecule has 1 unspecified atom stereocenters. The van der Waals surface area contributed by atoms with Crippen LogP contribution in [0.4, 0.5) is 0 Å². The molecule has 1 amide bonds. The Balaban J connectivity index is 1.75. The standard InChI is InChI=1S/C15H16N2O5S/c1-9-12(7-14(22-9)23(16,19)20)15(18)17-11-6-10-4-2-3-5-13(10)21-8-11/h2-5,7,11H,6,8H2,1H3,(H,17,18)(H2,16,19,20). The first-order valence-electron chi connectivity index (χ1n) is 6.99. The summed E-state index contributed by atoms with van der Waals surface area (Å²) >= 11 is 0. The normalized spacial score (nSPS) is 17.2. The van der Waals surface area contributed by atoms with Gasteiger partial charge in [-0.15, -0.1) is 0 Å². The number of amides is 1. The molecule has 1 atom stereocenters. The number of rotatable bonds is 3. The molecule has 3 N–H and O–H groups in total. The van der Waals surface area contributed by atoms with E-state index < -0.39 is 21.0 Å². The Morgan fingerprint density at radius 3 is 2.78 bits per heavy atom. The van der Waals surface area contributed by atoms with Gasteiger partial charge in [-0.25, -0.2) is 13.6 Å². The Labute approximate surface area is 133 Å². The molecule has 1 aliphatic rings. The zero-order chi connectivity index (χ0) is 16.6. The highest BCUT2D eigenvalue weighted by Crippen LogP contribution is 2.24. The molecule has 0 aliphatic carbocycles. The summed E-state index contributed by atoms with van der Waals surface area (Å²) < 4.78 is 33.2. The molecule has 0 bridgehead atoms. The van der Waals surface area contributed by atoms with Crippen molar-refractivity contribution in [2.75, 3.05) is 6.61 Å². The molecule has 8 heteroatoms. The number of para-hydroxylation sites is 1. The van der Waals surface area contributed by atoms with E-state index >= 15 is 0 Å². The van der Waals surface area contributed by atoms with Crippen molar-refractivity contribution in [1.29, 1.82) is 0 Å². The lowest BCUT2D eigenvalue weighted by Gasteiger charge is -2.25. The number of nitrogens with one attached hydrogen (secondary N) is 1. The van der Waals surface area contributed by atoms with Crippen molar-refractivity contribution in [3.63, 3.8) is 0 Å². The fraction of sp³-hybridized carbons (Fsp3) is 0.267. The van der Waals surface area contributed by atoms with Crippen LogP contribution in [0.25, 0.3) is 0 Å². The van der Waals surface area contributed by atoms with E-state index in [0.29, 0.717) is 13.0 Å². The average molecular weight is 336 g/mol. The van der Waals surface area contributed by atoms with Crippen LogP contribution < -0.4 is 15.2 Å². The van der Waals surface area contributed by atoms with E-state index in [4.69, 9.17) is 14.3 Å². The zero-order valence-electron chi connectivity index (χ0n) is 12.4. The first-order chi connectivity index (χ1) is 10.8. The Kier molecular flexibility index (Phi) is 3.87. The molecule has 0 saturated carbocycles. The van der Waals surface area contributed by atoms with Gasteiger partial charge in [0.15, 0.2) is 0 Å². The smallest absolute Gasteiger partial charge is 0.271 e. The second-order valence-corrected chi connectivity index (χ2v) is 6.87. The largest absolute Gasteiger partial charge is 0.491 e. The van der Waals surface area contributed by atoms with Crippen LogP contribution in [0, 0.1) is 6.92 Å². The van der Waals surface area contributed by atoms with Gasteiger partial charge in [0.1, 0.15) is 18.1 Å². The molecule has 2 heterocycles. The second-order valence-electron chi connectivity index (χ2n) is 5.37. The monoisotopic (exact) mass is 336 g/mol. The maximum atomic E-state index is 12.3. The number of ether oxygens (including phenoxy) is 1. The van der Waals surface area contributed by atoms with E-state index in [9.17, 15) is 13.2 Å². The highest BCUT2D eigenvalue weighted by Gasteiger charge is 2.25. The van der Waals surface area contributed by atoms with Gasteiger partial charge < -0.3 is 14.5 Å². The van der Waals surface area contributed by atoms with Crippen molar-refractivity contribution < 1.29 is 22.4 Å². The van der Waals surface area contributed by atoms with Crippen molar-refractivity contribution in [2.24, 2.45) is 5.14 Å². The van der Waals surface area contributed by atoms with Gasteiger partial charge in [-0.1, -0.05) is 18.2 Å². The number of aryl methyl sites for hydroxylation is 1. The molecule has 3 rings (SSSR count). The lowest BCUT2D eigenvalue weighted by molar-refractivity contribution is 0.0914. The highest BCUT2D eigenvalue weighted by molar-refractivity contribution is 7.89. The fourth-order valence-corrected chi connectivity index (χ4v) is 3.03. The van der Waals surface area contributed by atoms with Crippen molar-refractivity contribution in [3.8, 4) is 5.75 Å². The Morgan fingerprint density at radius 1 is 1.35 bits per heavy atom. The van der Waals surface area contributed by atoms with Gasteiger partial charge >= 0.3 is 0 Å². The van der Waals surface area contributed by atoms with Crippen LogP contribution in [0.3, 0.4) is 0 Å². The van der Waals surface area contributed by atoms with Crippen LogP contribution in [0.2, 0.25) is 0 Å². The van der Waals surface area contributed by atoms with E-state index in [-0.39, 0.29) is 17.4 Å². The Morgan fingerprint density at radius 2 is 2.09 bits per heavy atom. The Bertz CT molecular complexity index is 857. The molecule has 0 saturated heterocycles. The van der Waals surface area contributed by atoms with Gasteiger partial charge in [0.05, 0.1) is 11.6 Å². The number of carbonyl (C=O) groups excluding carboxylic acids is 1. The summed E-state index contributed by atoms with van der Waals surface area (Å²) in [5, 5.41) is 7.40. The highest BCUT2D eigenvalue weighted by atomic mass is 32.2. The van der Waals surface area contributed by atoms with E-state index in [1.165, 1.54) is 6.92 Å². The van der Waals surface area contributed by atoms with Gasteiger partial charge in [-0.2, -0.15) is 0 Å². The molecular weight excluding hydrogens is 320 g/mol. The predicted octanol–water partition coefficient (Wildman–Crippen LogP) is 0.969. The van der Waals surface area contributed by atoms with E-state index in [1.807, 2.05) is 24.3 Å². The van der Waals surface area contributed by atoms with Crippen molar-refractivity contribution >= 4 is 15.9 Å². The average Bonchev–Trinajstić information content (AvgIpc) is 2.89. The quantitative estimate of drug-likeness (QED) is 0.867. The van der Waals surface area contributed by atoms with Gasteiger partial charge in [-0.3, -0.25) is 4.79 Å². The number of sulfonamides is 1. The number of nitrogens with two attached hydrogens (primary N) is 1. The summed E-state index contributed by atoms with van der Waals surface area (Å²) in [7, 11) is -3.98. The summed E-state index contributed by atoms with van der Waals surface area (Å²) in [5.74, 6) is 0.590. The lowest BCUT2D eigenvalue weighted by Crippen LogP contribution is -2.42. The van der Waals surface area contributed by atoms with Crippen molar-refractivity contribution in [1.82, 2.24) is 5.32 Å². The van der Waals surface area contributed by atoms with Crippen LogP contribution in [0.15, 0.2) is 39.8 Å². The van der Waals surface area contributed by atoms with Gasteiger partial charge in [0.25, 0.3) is 15.9 Å². The molecule has 0 spiro atoms.